The molecule has 3 heterocycles. The average molecular weight is 461 g/mol. The highest BCUT2D eigenvalue weighted by Crippen LogP contribution is 2.46. The highest BCUT2D eigenvalue weighted by atomic mass is 32.2. The Morgan fingerprint density at radius 2 is 2.00 bits per heavy atom. The normalized spacial score (nSPS) is 24.0. The molecule has 2 aliphatic heterocycles. The van der Waals surface area contributed by atoms with Gasteiger partial charge in [0.1, 0.15) is 17.2 Å². The number of amides is 2. The summed E-state index contributed by atoms with van der Waals surface area (Å²) in [6.45, 7) is 0.0981. The first-order chi connectivity index (χ1) is 15.3. The van der Waals surface area contributed by atoms with Gasteiger partial charge in [-0.2, -0.15) is 0 Å². The SMILES string of the molecule is O=C(NCc1ccc(F)cc1F)c1cn2c(c(O)c1=O)C(=O)N1C(C2)SC2CCCCC21. The number of carbonyl (C=O) groups excluding carboxylic acids is 2. The minimum atomic E-state index is -0.952. The van der Waals surface area contributed by atoms with Crippen LogP contribution < -0.4 is 10.7 Å². The van der Waals surface area contributed by atoms with Crippen LogP contribution in [-0.4, -0.2) is 43.1 Å². The molecule has 1 aliphatic carbocycles. The van der Waals surface area contributed by atoms with Crippen molar-refractivity contribution < 1.29 is 23.5 Å². The lowest BCUT2D eigenvalue weighted by atomic mass is 9.93. The summed E-state index contributed by atoms with van der Waals surface area (Å²) in [6.07, 6.45) is 5.39. The van der Waals surface area contributed by atoms with Gasteiger partial charge in [0.15, 0.2) is 11.4 Å². The molecule has 3 unspecified atom stereocenters. The van der Waals surface area contributed by atoms with Gasteiger partial charge in [0.05, 0.1) is 11.9 Å². The van der Waals surface area contributed by atoms with Crippen molar-refractivity contribution in [3.05, 3.63) is 63.1 Å². The maximum atomic E-state index is 13.8. The second-order valence-electron chi connectivity index (χ2n) is 8.33. The van der Waals surface area contributed by atoms with Crippen LogP contribution in [0.15, 0.2) is 29.2 Å². The lowest BCUT2D eigenvalue weighted by molar-refractivity contribution is 0.0573. The van der Waals surface area contributed by atoms with Crippen molar-refractivity contribution in [2.45, 2.75) is 55.4 Å². The second kappa shape index (κ2) is 7.91. The number of benzene rings is 1. The van der Waals surface area contributed by atoms with Crippen LogP contribution in [0.4, 0.5) is 8.78 Å². The van der Waals surface area contributed by atoms with Crippen molar-refractivity contribution in [1.29, 1.82) is 0 Å². The largest absolute Gasteiger partial charge is 0.503 e. The summed E-state index contributed by atoms with van der Waals surface area (Å²) in [5, 5.41) is 13.2. The number of aromatic nitrogens is 1. The van der Waals surface area contributed by atoms with Crippen molar-refractivity contribution in [2.75, 3.05) is 0 Å². The molecule has 3 aliphatic rings. The topological polar surface area (TPSA) is 91.6 Å². The van der Waals surface area contributed by atoms with Gasteiger partial charge in [-0.25, -0.2) is 8.78 Å². The van der Waals surface area contributed by atoms with E-state index in [1.54, 1.807) is 16.7 Å². The fourth-order valence-corrected chi connectivity index (χ4v) is 6.64. The van der Waals surface area contributed by atoms with E-state index in [1.165, 1.54) is 16.8 Å². The molecule has 2 fully saturated rings. The molecule has 1 saturated carbocycles. The van der Waals surface area contributed by atoms with E-state index in [0.29, 0.717) is 17.9 Å². The first-order valence-electron chi connectivity index (χ1n) is 10.5. The Labute approximate surface area is 186 Å². The van der Waals surface area contributed by atoms with Crippen LogP contribution in [0.2, 0.25) is 0 Å². The maximum Gasteiger partial charge on any atom is 0.275 e. The summed E-state index contributed by atoms with van der Waals surface area (Å²) < 4.78 is 28.4. The van der Waals surface area contributed by atoms with Crippen molar-refractivity contribution in [1.82, 2.24) is 14.8 Å². The summed E-state index contributed by atoms with van der Waals surface area (Å²) in [7, 11) is 0. The first kappa shape index (κ1) is 21.0. The van der Waals surface area contributed by atoms with E-state index in [9.17, 15) is 28.3 Å². The Bertz CT molecular complexity index is 1180. The van der Waals surface area contributed by atoms with E-state index in [-0.39, 0.29) is 34.8 Å². The molecule has 0 radical (unpaired) electrons. The van der Waals surface area contributed by atoms with Crippen LogP contribution in [0.1, 0.15) is 52.1 Å². The van der Waals surface area contributed by atoms with Gasteiger partial charge in [0.2, 0.25) is 5.43 Å². The Morgan fingerprint density at radius 1 is 1.22 bits per heavy atom. The standard InChI is InChI=1S/C22H21F2N3O4S/c23-12-6-5-11(14(24)7-12)8-25-21(30)13-9-26-10-17-27(15-3-1-2-4-16(15)32-17)22(31)18(26)20(29)19(13)28/h5-7,9,15-17,29H,1-4,8,10H2,(H,25,30). The Balaban J connectivity index is 1.42. The van der Waals surface area contributed by atoms with E-state index in [1.807, 2.05) is 0 Å². The number of hydrogen-bond donors (Lipinski definition) is 2. The molecule has 2 aromatic rings. The van der Waals surface area contributed by atoms with Gasteiger partial charge in [-0.3, -0.25) is 14.4 Å². The molecular formula is C22H21F2N3O4S. The smallest absolute Gasteiger partial charge is 0.275 e. The van der Waals surface area contributed by atoms with Crippen molar-refractivity contribution >= 4 is 23.6 Å². The van der Waals surface area contributed by atoms with E-state index < -0.39 is 34.6 Å². The van der Waals surface area contributed by atoms with E-state index in [4.69, 9.17) is 0 Å². The number of nitrogens with zero attached hydrogens (tertiary/aromatic N) is 2. The first-order valence-corrected chi connectivity index (χ1v) is 11.5. The summed E-state index contributed by atoms with van der Waals surface area (Å²) in [5.41, 5.74) is -1.33. The quantitative estimate of drug-likeness (QED) is 0.733. The van der Waals surface area contributed by atoms with Crippen LogP contribution >= 0.6 is 11.8 Å². The third-order valence-electron chi connectivity index (χ3n) is 6.41. The van der Waals surface area contributed by atoms with E-state index >= 15 is 0 Å². The van der Waals surface area contributed by atoms with Gasteiger partial charge in [0.25, 0.3) is 11.8 Å². The van der Waals surface area contributed by atoms with Crippen molar-refractivity contribution in [3.8, 4) is 5.75 Å². The third-order valence-corrected chi connectivity index (χ3v) is 8.00. The number of rotatable bonds is 3. The fourth-order valence-electron chi connectivity index (χ4n) is 4.85. The zero-order chi connectivity index (χ0) is 22.6. The van der Waals surface area contributed by atoms with Gasteiger partial charge in [-0.15, -0.1) is 11.8 Å². The molecule has 0 spiro atoms. The molecule has 7 nitrogen and oxygen atoms in total. The van der Waals surface area contributed by atoms with Gasteiger partial charge < -0.3 is 19.9 Å². The zero-order valence-corrected chi connectivity index (χ0v) is 17.8. The third kappa shape index (κ3) is 3.37. The van der Waals surface area contributed by atoms with E-state index in [0.717, 1.165) is 31.7 Å². The van der Waals surface area contributed by atoms with Crippen LogP contribution in [0.3, 0.4) is 0 Å². The van der Waals surface area contributed by atoms with Crippen LogP contribution in [0, 0.1) is 11.6 Å². The molecular weight excluding hydrogens is 440 g/mol. The number of pyridine rings is 1. The summed E-state index contributed by atoms with van der Waals surface area (Å²) in [4.78, 5) is 40.3. The monoisotopic (exact) mass is 461 g/mol. The van der Waals surface area contributed by atoms with Crippen LogP contribution in [0.5, 0.6) is 5.75 Å². The molecule has 168 valence electrons. The molecule has 32 heavy (non-hydrogen) atoms. The second-order valence-corrected chi connectivity index (χ2v) is 9.76. The summed E-state index contributed by atoms with van der Waals surface area (Å²) >= 11 is 1.73. The molecule has 5 rings (SSSR count). The van der Waals surface area contributed by atoms with Crippen molar-refractivity contribution in [3.63, 3.8) is 0 Å². The predicted molar refractivity (Wildman–Crippen MR) is 113 cm³/mol. The molecule has 0 bridgehead atoms. The Morgan fingerprint density at radius 3 is 2.78 bits per heavy atom. The number of aromatic hydroxyl groups is 1. The van der Waals surface area contributed by atoms with E-state index in [2.05, 4.69) is 5.32 Å². The van der Waals surface area contributed by atoms with Gasteiger partial charge in [-0.05, 0) is 18.9 Å². The highest BCUT2D eigenvalue weighted by Gasteiger charge is 2.49. The number of hydrogen-bond acceptors (Lipinski definition) is 5. The van der Waals surface area contributed by atoms with Gasteiger partial charge >= 0.3 is 0 Å². The number of halogens is 2. The molecule has 2 amide bonds. The lowest BCUT2D eigenvalue weighted by Crippen LogP contribution is -2.50. The van der Waals surface area contributed by atoms with Crippen LogP contribution in [-0.2, 0) is 13.1 Å². The molecule has 3 atom stereocenters. The lowest BCUT2D eigenvalue weighted by Gasteiger charge is -2.37. The molecule has 1 aromatic carbocycles. The number of fused-ring (bicyclic) bond motifs is 4. The molecule has 1 aromatic heterocycles. The minimum Gasteiger partial charge on any atom is -0.503 e. The molecule has 2 N–H and O–H groups in total. The number of nitrogens with one attached hydrogen (secondary N) is 1. The van der Waals surface area contributed by atoms with Gasteiger partial charge in [0, 0.05) is 35.7 Å². The predicted octanol–water partition coefficient (Wildman–Crippen LogP) is 2.60. The average Bonchev–Trinajstić information content (AvgIpc) is 3.14. The Hall–Kier alpha value is -2.88. The number of thioether (sulfide) groups is 1. The molecule has 10 heteroatoms. The highest BCUT2D eigenvalue weighted by molar-refractivity contribution is 8.00. The maximum absolute atomic E-state index is 13.8. The summed E-state index contributed by atoms with van der Waals surface area (Å²) in [6, 6.07) is 3.07. The van der Waals surface area contributed by atoms with Crippen LogP contribution in [0.25, 0.3) is 0 Å². The zero-order valence-electron chi connectivity index (χ0n) is 17.0. The fraction of sp³-hybridized carbons (Fsp3) is 0.409. The molecule has 1 saturated heterocycles. The minimum absolute atomic E-state index is 0.0535. The summed E-state index contributed by atoms with van der Waals surface area (Å²) in [5.74, 6) is -3.51. The van der Waals surface area contributed by atoms with Crippen molar-refractivity contribution in [2.24, 2.45) is 0 Å². The Kier molecular flexibility index (Phi) is 5.19. The number of carbonyl (C=O) groups is 2. The van der Waals surface area contributed by atoms with Gasteiger partial charge in [-0.1, -0.05) is 18.9 Å².